The van der Waals surface area contributed by atoms with E-state index in [1.807, 2.05) is 0 Å². The molecule has 4 bridgehead atoms. The van der Waals surface area contributed by atoms with Crippen molar-refractivity contribution in [1.82, 2.24) is 0 Å². The van der Waals surface area contributed by atoms with Crippen molar-refractivity contribution in [2.24, 2.45) is 53.3 Å². The first-order valence-electron chi connectivity index (χ1n) is 12.0. The van der Waals surface area contributed by atoms with Crippen LogP contribution in [-0.2, 0) is 19.0 Å². The summed E-state index contributed by atoms with van der Waals surface area (Å²) >= 11 is 0. The minimum Gasteiger partial charge on any atom is -0.345 e. The molecule has 6 aliphatic rings. The Morgan fingerprint density at radius 2 is 1.71 bits per heavy atom. The van der Waals surface area contributed by atoms with E-state index in [1.54, 1.807) is 0 Å². The molecule has 28 heavy (non-hydrogen) atoms. The van der Waals surface area contributed by atoms with Crippen LogP contribution in [0.15, 0.2) is 0 Å². The van der Waals surface area contributed by atoms with Gasteiger partial charge in [0, 0.05) is 18.8 Å². The highest BCUT2D eigenvalue weighted by molar-refractivity contribution is 5.83. The van der Waals surface area contributed by atoms with Gasteiger partial charge in [-0.3, -0.25) is 4.79 Å². The molecule has 0 N–H and O–H groups in total. The minimum absolute atomic E-state index is 0.218. The fraction of sp³-hybridized carbons (Fsp3) is 0.958. The zero-order valence-electron chi connectivity index (χ0n) is 17.5. The number of carbonyl (C=O) groups excluding carboxylic acids is 1. The molecule has 6 fully saturated rings. The van der Waals surface area contributed by atoms with Crippen molar-refractivity contribution in [3.63, 3.8) is 0 Å². The first kappa shape index (κ1) is 18.3. The number of carbonyl (C=O) groups is 1. The van der Waals surface area contributed by atoms with Gasteiger partial charge < -0.3 is 14.2 Å². The summed E-state index contributed by atoms with van der Waals surface area (Å²) in [6, 6.07) is 0. The van der Waals surface area contributed by atoms with Gasteiger partial charge in [-0.1, -0.05) is 20.3 Å². The second-order valence-electron chi connectivity index (χ2n) is 11.0. The van der Waals surface area contributed by atoms with E-state index in [9.17, 15) is 4.79 Å². The standard InChI is InChI=1S/C24H36O4/c1-13-14(2)17-10-16(13)22-15-8-18(19(9-15)23(17)22)20(25)11-26-21-12-27-24(28-21)6-4-3-5-7-24/h13-19,21-23H,3-12H2,1-2H3. The van der Waals surface area contributed by atoms with E-state index in [-0.39, 0.29) is 18.8 Å². The molecule has 0 amide bonds. The summed E-state index contributed by atoms with van der Waals surface area (Å²) < 4.78 is 18.0. The zero-order valence-corrected chi connectivity index (χ0v) is 17.5. The summed E-state index contributed by atoms with van der Waals surface area (Å²) in [7, 11) is 0. The lowest BCUT2D eigenvalue weighted by molar-refractivity contribution is -0.224. The van der Waals surface area contributed by atoms with Crippen LogP contribution in [0.1, 0.15) is 65.2 Å². The normalized spacial score (nSPS) is 53.2. The van der Waals surface area contributed by atoms with E-state index in [0.717, 1.165) is 60.7 Å². The third kappa shape index (κ3) is 2.56. The molecule has 0 aromatic carbocycles. The van der Waals surface area contributed by atoms with Gasteiger partial charge in [-0.2, -0.15) is 0 Å². The van der Waals surface area contributed by atoms with Crippen LogP contribution in [-0.4, -0.2) is 31.1 Å². The van der Waals surface area contributed by atoms with E-state index in [0.29, 0.717) is 18.3 Å². The molecular formula is C24H36O4. The maximum Gasteiger partial charge on any atom is 0.184 e. The zero-order chi connectivity index (χ0) is 19.0. The number of fused-ring (bicyclic) bond motifs is 9. The lowest BCUT2D eigenvalue weighted by atomic mass is 9.61. The van der Waals surface area contributed by atoms with Crippen molar-refractivity contribution in [3.8, 4) is 0 Å². The molecule has 10 unspecified atom stereocenters. The molecular weight excluding hydrogens is 352 g/mol. The van der Waals surface area contributed by atoms with Crippen LogP contribution in [0.2, 0.25) is 0 Å². The Balaban J connectivity index is 1.06. The molecule has 6 rings (SSSR count). The smallest absolute Gasteiger partial charge is 0.184 e. The number of hydrogen-bond acceptors (Lipinski definition) is 4. The summed E-state index contributed by atoms with van der Waals surface area (Å²) in [6.45, 7) is 5.65. The Kier molecular flexibility index (Phi) is 4.27. The molecule has 0 aromatic rings. The van der Waals surface area contributed by atoms with Gasteiger partial charge in [0.1, 0.15) is 13.2 Å². The lowest BCUT2D eigenvalue weighted by Gasteiger charge is -2.43. The molecule has 0 radical (unpaired) electrons. The first-order chi connectivity index (χ1) is 13.6. The van der Waals surface area contributed by atoms with Gasteiger partial charge in [0.05, 0.1) is 0 Å². The Labute approximate surface area is 169 Å². The lowest BCUT2D eigenvalue weighted by Crippen LogP contribution is -2.41. The predicted molar refractivity (Wildman–Crippen MR) is 104 cm³/mol. The summed E-state index contributed by atoms with van der Waals surface area (Å²) in [5.41, 5.74) is 0. The average molecular weight is 389 g/mol. The Morgan fingerprint density at radius 3 is 2.50 bits per heavy atom. The Hall–Kier alpha value is -0.450. The van der Waals surface area contributed by atoms with E-state index in [2.05, 4.69) is 13.8 Å². The van der Waals surface area contributed by atoms with E-state index >= 15 is 0 Å². The van der Waals surface area contributed by atoms with Crippen molar-refractivity contribution in [1.29, 1.82) is 0 Å². The van der Waals surface area contributed by atoms with Gasteiger partial charge in [0.25, 0.3) is 0 Å². The summed E-state index contributed by atoms with van der Waals surface area (Å²) in [6.07, 6.45) is 9.06. The highest BCUT2D eigenvalue weighted by Gasteiger charge is 2.66. The number of hydrogen-bond donors (Lipinski definition) is 0. The minimum atomic E-state index is -0.415. The van der Waals surface area contributed by atoms with E-state index in [4.69, 9.17) is 14.2 Å². The van der Waals surface area contributed by atoms with Crippen molar-refractivity contribution in [3.05, 3.63) is 0 Å². The molecule has 1 aliphatic heterocycles. The van der Waals surface area contributed by atoms with Crippen LogP contribution in [0, 0.1) is 53.3 Å². The fourth-order valence-corrected chi connectivity index (χ4v) is 8.84. The van der Waals surface area contributed by atoms with Crippen LogP contribution in [0.4, 0.5) is 0 Å². The third-order valence-electron chi connectivity index (χ3n) is 10.1. The van der Waals surface area contributed by atoms with Crippen LogP contribution >= 0.6 is 0 Å². The van der Waals surface area contributed by atoms with Gasteiger partial charge in [0.2, 0.25) is 0 Å². The maximum absolute atomic E-state index is 13.1. The van der Waals surface area contributed by atoms with Crippen molar-refractivity contribution < 1.29 is 19.0 Å². The van der Waals surface area contributed by atoms with Crippen molar-refractivity contribution in [2.45, 2.75) is 77.3 Å². The summed E-state index contributed by atoms with van der Waals surface area (Å²) in [5, 5.41) is 0. The number of Topliss-reactive ketones (excluding diaryl/α,β-unsaturated/α-hetero) is 1. The summed E-state index contributed by atoms with van der Waals surface area (Å²) in [4.78, 5) is 13.1. The van der Waals surface area contributed by atoms with Gasteiger partial charge in [-0.05, 0) is 79.4 Å². The SMILES string of the molecule is CC1C(C)C2CC1C1C3CC(C(=O)COC4COC5(CCCCC5)O4)C(C3)C21. The molecule has 4 heteroatoms. The molecule has 1 saturated heterocycles. The van der Waals surface area contributed by atoms with E-state index in [1.165, 1.54) is 32.1 Å². The molecule has 1 heterocycles. The second-order valence-corrected chi connectivity index (χ2v) is 11.0. The Bertz CT molecular complexity index is 641. The maximum atomic E-state index is 13.1. The molecule has 0 aromatic heterocycles. The number of rotatable bonds is 4. The fourth-order valence-electron chi connectivity index (χ4n) is 8.84. The Morgan fingerprint density at radius 1 is 0.964 bits per heavy atom. The molecule has 5 saturated carbocycles. The molecule has 4 nitrogen and oxygen atoms in total. The second kappa shape index (κ2) is 6.52. The van der Waals surface area contributed by atoms with Crippen LogP contribution in [0.5, 0.6) is 0 Å². The van der Waals surface area contributed by atoms with Crippen LogP contribution in [0.25, 0.3) is 0 Å². The average Bonchev–Trinajstić information content (AvgIpc) is 3.48. The molecule has 5 aliphatic carbocycles. The quantitative estimate of drug-likeness (QED) is 0.669. The first-order valence-corrected chi connectivity index (χ1v) is 12.0. The van der Waals surface area contributed by atoms with Crippen molar-refractivity contribution >= 4 is 5.78 Å². The predicted octanol–water partition coefficient (Wildman–Crippen LogP) is 4.42. The van der Waals surface area contributed by atoms with E-state index < -0.39 is 5.79 Å². The van der Waals surface area contributed by atoms with Crippen molar-refractivity contribution in [2.75, 3.05) is 13.2 Å². The third-order valence-corrected chi connectivity index (χ3v) is 10.1. The number of ether oxygens (including phenoxy) is 3. The van der Waals surface area contributed by atoms with Gasteiger partial charge in [-0.25, -0.2) is 0 Å². The topological polar surface area (TPSA) is 44.8 Å². The molecule has 156 valence electrons. The highest BCUT2D eigenvalue weighted by Crippen LogP contribution is 2.71. The van der Waals surface area contributed by atoms with Crippen LogP contribution in [0.3, 0.4) is 0 Å². The largest absolute Gasteiger partial charge is 0.345 e. The van der Waals surface area contributed by atoms with Gasteiger partial charge in [-0.15, -0.1) is 0 Å². The summed E-state index contributed by atoms with van der Waals surface area (Å²) in [5.74, 6) is 6.97. The monoisotopic (exact) mass is 388 g/mol. The van der Waals surface area contributed by atoms with Crippen LogP contribution < -0.4 is 0 Å². The van der Waals surface area contributed by atoms with Gasteiger partial charge >= 0.3 is 0 Å². The van der Waals surface area contributed by atoms with Gasteiger partial charge in [0.15, 0.2) is 17.9 Å². The molecule has 10 atom stereocenters. The number of ketones is 1. The highest BCUT2D eigenvalue weighted by atomic mass is 16.8. The molecule has 1 spiro atoms.